The number of amides is 1. The smallest absolute Gasteiger partial charge is 0.345 e. The quantitative estimate of drug-likeness (QED) is 0.818. The number of rotatable bonds is 6. The first-order valence-electron chi connectivity index (χ1n) is 7.55. The zero-order valence-corrected chi connectivity index (χ0v) is 14.1. The monoisotopic (exact) mass is 332 g/mol. The molecule has 1 amide bonds. The van der Waals surface area contributed by atoms with Crippen LogP contribution in [0.3, 0.4) is 0 Å². The minimum atomic E-state index is -0.596. The van der Waals surface area contributed by atoms with Crippen LogP contribution in [0.25, 0.3) is 0 Å². The Balaban J connectivity index is 2.00. The summed E-state index contributed by atoms with van der Waals surface area (Å²) in [7, 11) is 0. The number of nitrogens with one attached hydrogen (secondary N) is 1. The van der Waals surface area contributed by atoms with E-state index in [-0.39, 0.29) is 24.7 Å². The predicted octanol–water partition coefficient (Wildman–Crippen LogP) is 2.79. The number of esters is 1. The van der Waals surface area contributed by atoms with Gasteiger partial charge in [0.1, 0.15) is 11.3 Å². The number of hydrogen-bond donors (Lipinski definition) is 1. The van der Waals surface area contributed by atoms with Crippen LogP contribution in [-0.2, 0) is 9.53 Å². The van der Waals surface area contributed by atoms with Crippen LogP contribution in [0.1, 0.15) is 34.1 Å². The lowest BCUT2D eigenvalue weighted by molar-refractivity contribution is -0.118. The molecule has 0 aliphatic rings. The van der Waals surface area contributed by atoms with Gasteiger partial charge in [-0.1, -0.05) is 11.2 Å². The average molecular weight is 332 g/mol. The fourth-order valence-corrected chi connectivity index (χ4v) is 2.01. The highest BCUT2D eigenvalue weighted by Crippen LogP contribution is 2.21. The second-order valence-electron chi connectivity index (χ2n) is 5.28. The number of carbonyl (C=O) groups excluding carboxylic acids is 2. The molecule has 2 rings (SSSR count). The number of ether oxygens (including phenoxy) is 2. The Morgan fingerprint density at radius 1 is 1.21 bits per heavy atom. The SMILES string of the molecule is CCOC(=O)c1c(C)noc1NC(=O)COc1ccc(C)c(C)c1. The molecule has 0 fully saturated rings. The van der Waals surface area contributed by atoms with Gasteiger partial charge >= 0.3 is 5.97 Å². The number of anilines is 1. The highest BCUT2D eigenvalue weighted by Gasteiger charge is 2.23. The van der Waals surface area contributed by atoms with Crippen molar-refractivity contribution in [3.63, 3.8) is 0 Å². The van der Waals surface area contributed by atoms with Gasteiger partial charge in [0.2, 0.25) is 5.88 Å². The first-order valence-corrected chi connectivity index (χ1v) is 7.55. The number of carbonyl (C=O) groups is 2. The van der Waals surface area contributed by atoms with Crippen molar-refractivity contribution in [1.29, 1.82) is 0 Å². The Labute approximate surface area is 139 Å². The molecule has 0 unspecified atom stereocenters. The normalized spacial score (nSPS) is 10.3. The van der Waals surface area contributed by atoms with Crippen LogP contribution in [0.4, 0.5) is 5.88 Å². The first-order chi connectivity index (χ1) is 11.4. The molecule has 0 atom stereocenters. The zero-order valence-electron chi connectivity index (χ0n) is 14.1. The van der Waals surface area contributed by atoms with Crippen molar-refractivity contribution in [2.24, 2.45) is 0 Å². The maximum atomic E-state index is 12.0. The lowest BCUT2D eigenvalue weighted by atomic mass is 10.1. The fourth-order valence-electron chi connectivity index (χ4n) is 2.01. The summed E-state index contributed by atoms with van der Waals surface area (Å²) in [5.41, 5.74) is 2.67. The molecule has 0 saturated heterocycles. The van der Waals surface area contributed by atoms with Gasteiger partial charge in [-0.05, 0) is 51.0 Å². The van der Waals surface area contributed by atoms with Crippen LogP contribution in [0.5, 0.6) is 5.75 Å². The molecule has 1 heterocycles. The summed E-state index contributed by atoms with van der Waals surface area (Å²) in [6.45, 7) is 7.24. The molecule has 1 N–H and O–H groups in total. The second kappa shape index (κ2) is 7.63. The van der Waals surface area contributed by atoms with Crippen LogP contribution < -0.4 is 10.1 Å². The highest BCUT2D eigenvalue weighted by atomic mass is 16.5. The molecule has 1 aromatic heterocycles. The van der Waals surface area contributed by atoms with Gasteiger partial charge in [0.15, 0.2) is 6.61 Å². The third-order valence-corrected chi connectivity index (χ3v) is 3.44. The summed E-state index contributed by atoms with van der Waals surface area (Å²) in [5, 5.41) is 6.15. The van der Waals surface area contributed by atoms with E-state index in [4.69, 9.17) is 14.0 Å². The average Bonchev–Trinajstić information content (AvgIpc) is 2.89. The fraction of sp³-hybridized carbons (Fsp3) is 0.353. The van der Waals surface area contributed by atoms with Crippen molar-refractivity contribution in [1.82, 2.24) is 5.16 Å². The van der Waals surface area contributed by atoms with Gasteiger partial charge in [-0.25, -0.2) is 4.79 Å². The van der Waals surface area contributed by atoms with Crippen LogP contribution in [0.2, 0.25) is 0 Å². The number of aromatic nitrogens is 1. The van der Waals surface area contributed by atoms with E-state index >= 15 is 0 Å². The number of nitrogens with zero attached hydrogens (tertiary/aromatic N) is 1. The third-order valence-electron chi connectivity index (χ3n) is 3.44. The van der Waals surface area contributed by atoms with Gasteiger partial charge in [0, 0.05) is 0 Å². The van der Waals surface area contributed by atoms with Crippen LogP contribution in [-0.4, -0.2) is 30.2 Å². The maximum Gasteiger partial charge on any atom is 0.345 e. The molecule has 0 aliphatic heterocycles. The zero-order chi connectivity index (χ0) is 17.7. The molecular formula is C17H20N2O5. The van der Waals surface area contributed by atoms with Crippen molar-refractivity contribution in [2.75, 3.05) is 18.5 Å². The predicted molar refractivity (Wildman–Crippen MR) is 87.2 cm³/mol. The summed E-state index contributed by atoms with van der Waals surface area (Å²) in [5.74, 6) is -0.510. The molecule has 7 heteroatoms. The Bertz CT molecular complexity index is 751. The largest absolute Gasteiger partial charge is 0.484 e. The van der Waals surface area contributed by atoms with Crippen LogP contribution in [0, 0.1) is 20.8 Å². The summed E-state index contributed by atoms with van der Waals surface area (Å²) >= 11 is 0. The van der Waals surface area contributed by atoms with Crippen molar-refractivity contribution in [2.45, 2.75) is 27.7 Å². The lowest BCUT2D eigenvalue weighted by Gasteiger charge is -2.08. The van der Waals surface area contributed by atoms with Gasteiger partial charge in [0.25, 0.3) is 5.91 Å². The lowest BCUT2D eigenvalue weighted by Crippen LogP contribution is -2.21. The minimum absolute atomic E-state index is 0.0420. The van der Waals surface area contributed by atoms with Gasteiger partial charge in [0.05, 0.1) is 12.3 Å². The number of hydrogen-bond acceptors (Lipinski definition) is 6. The molecule has 0 spiro atoms. The van der Waals surface area contributed by atoms with E-state index < -0.39 is 11.9 Å². The summed E-state index contributed by atoms with van der Waals surface area (Å²) in [6, 6.07) is 5.56. The molecule has 0 saturated carbocycles. The molecule has 0 bridgehead atoms. The minimum Gasteiger partial charge on any atom is -0.484 e. The van der Waals surface area contributed by atoms with Crippen molar-refractivity contribution in [3.8, 4) is 5.75 Å². The maximum absolute atomic E-state index is 12.0. The molecule has 24 heavy (non-hydrogen) atoms. The summed E-state index contributed by atoms with van der Waals surface area (Å²) in [4.78, 5) is 23.9. The molecule has 7 nitrogen and oxygen atoms in total. The molecular weight excluding hydrogens is 312 g/mol. The van der Waals surface area contributed by atoms with Crippen LogP contribution >= 0.6 is 0 Å². The van der Waals surface area contributed by atoms with E-state index in [0.29, 0.717) is 11.4 Å². The topological polar surface area (TPSA) is 90.7 Å². The van der Waals surface area contributed by atoms with Crippen molar-refractivity contribution >= 4 is 17.8 Å². The van der Waals surface area contributed by atoms with E-state index in [1.54, 1.807) is 19.9 Å². The van der Waals surface area contributed by atoms with Crippen LogP contribution in [0.15, 0.2) is 22.7 Å². The van der Waals surface area contributed by atoms with E-state index in [0.717, 1.165) is 11.1 Å². The van der Waals surface area contributed by atoms with Gasteiger partial charge in [-0.2, -0.15) is 0 Å². The summed E-state index contributed by atoms with van der Waals surface area (Å²) < 4.78 is 15.3. The van der Waals surface area contributed by atoms with Gasteiger partial charge in [-0.3, -0.25) is 10.1 Å². The number of aryl methyl sites for hydroxylation is 3. The first kappa shape index (κ1) is 17.5. The van der Waals surface area contributed by atoms with Crippen molar-refractivity contribution in [3.05, 3.63) is 40.6 Å². The molecule has 1 aromatic carbocycles. The van der Waals surface area contributed by atoms with Gasteiger partial charge < -0.3 is 14.0 Å². The van der Waals surface area contributed by atoms with Crippen molar-refractivity contribution < 1.29 is 23.6 Å². The van der Waals surface area contributed by atoms with E-state index in [2.05, 4.69) is 10.5 Å². The Morgan fingerprint density at radius 3 is 2.62 bits per heavy atom. The standard InChI is InChI=1S/C17H20N2O5/c1-5-22-17(21)15-12(4)19-24-16(15)18-14(20)9-23-13-7-6-10(2)11(3)8-13/h6-8H,5,9H2,1-4H3,(H,18,20). The molecule has 2 aromatic rings. The van der Waals surface area contributed by atoms with E-state index in [9.17, 15) is 9.59 Å². The summed E-state index contributed by atoms with van der Waals surface area (Å²) in [6.07, 6.45) is 0. The van der Waals surface area contributed by atoms with E-state index in [1.165, 1.54) is 0 Å². The van der Waals surface area contributed by atoms with Gasteiger partial charge in [-0.15, -0.1) is 0 Å². The third kappa shape index (κ3) is 4.13. The highest BCUT2D eigenvalue weighted by molar-refractivity contribution is 6.00. The molecule has 0 radical (unpaired) electrons. The van der Waals surface area contributed by atoms with E-state index in [1.807, 2.05) is 26.0 Å². The Kier molecular flexibility index (Phi) is 5.57. The molecule has 128 valence electrons. The Hall–Kier alpha value is -2.83. The molecule has 0 aliphatic carbocycles. The number of benzene rings is 1. The second-order valence-corrected chi connectivity index (χ2v) is 5.28. The Morgan fingerprint density at radius 2 is 1.96 bits per heavy atom.